The van der Waals surface area contributed by atoms with Crippen LogP contribution >= 0.6 is 15.9 Å². The lowest BCUT2D eigenvalue weighted by atomic mass is 9.90. The molecule has 2 atom stereocenters. The summed E-state index contributed by atoms with van der Waals surface area (Å²) < 4.78 is 17.0. The number of benzene rings is 2. The van der Waals surface area contributed by atoms with Crippen molar-refractivity contribution in [3.05, 3.63) is 124 Å². The molecule has 0 radical (unpaired) electrons. The molecule has 66 heavy (non-hydrogen) atoms. The van der Waals surface area contributed by atoms with E-state index in [1.807, 2.05) is 0 Å². The predicted octanol–water partition coefficient (Wildman–Crippen LogP) is 3.71. The first kappa shape index (κ1) is 44.1. The van der Waals surface area contributed by atoms with Crippen LogP contribution in [0.5, 0.6) is 23.0 Å². The van der Waals surface area contributed by atoms with Gasteiger partial charge in [0.2, 0.25) is 0 Å². The molecule has 0 aliphatic carbocycles. The number of pyridine rings is 3. The lowest BCUT2D eigenvalue weighted by molar-refractivity contribution is -0.125. The van der Waals surface area contributed by atoms with Gasteiger partial charge in [-0.25, -0.2) is 14.6 Å². The highest BCUT2D eigenvalue weighted by Gasteiger charge is 2.55. The first-order valence-corrected chi connectivity index (χ1v) is 20.5. The highest BCUT2D eigenvalue weighted by Crippen LogP contribution is 2.44. The largest absolute Gasteiger partial charge is 0.506 e. The normalized spacial score (nSPS) is 19.1. The fraction of sp³-hybridized carbons (Fsp3) is 0.178. The molecule has 0 spiro atoms. The molecular weight excluding hydrogens is 922 g/mol. The summed E-state index contributed by atoms with van der Waals surface area (Å²) in [6.45, 7) is 0.216. The van der Waals surface area contributed by atoms with Crippen LogP contribution in [0, 0.1) is 12.3 Å². The third-order valence-electron chi connectivity index (χ3n) is 11.0. The number of halogens is 1. The molecule has 0 saturated carbocycles. The van der Waals surface area contributed by atoms with Crippen molar-refractivity contribution in [2.75, 3.05) is 27.3 Å². The number of hydrogen-bond acceptors (Lipinski definition) is 14. The number of fused-ring (bicyclic) bond motifs is 3. The van der Waals surface area contributed by atoms with E-state index in [1.165, 1.54) is 36.3 Å². The van der Waals surface area contributed by atoms with Gasteiger partial charge in [-0.1, -0.05) is 18.1 Å². The molecule has 0 unspecified atom stereocenters. The number of hydrogen-bond donors (Lipinski definition) is 6. The second-order valence-electron chi connectivity index (χ2n) is 15.0. The molecule has 4 aromatic heterocycles. The lowest BCUT2D eigenvalue weighted by Crippen LogP contribution is -2.54. The lowest BCUT2D eigenvalue weighted by Gasteiger charge is -2.30. The van der Waals surface area contributed by atoms with Gasteiger partial charge in [0.05, 0.1) is 32.9 Å². The standard InChI is InChI=1S/C25H19N5O6.C15H13N3O4.C5H4BrNO/c1-35-14-7-6-13-11-30(22(32)15(13)10-14)12-25(23(33)28-24(34)29-25)21-18(19-16(31)4-2-8-26-19)20-17(36-21)5-3-9-27-20;1-3-15(13(20)16-14(21)17-15)8-18-7-9-4-5-10(22-2)6-11(9)12(18)19;6-5-4(8)2-1-3-7-5/h2-10,31H,11-12H2,1H3,(H2,28,29,33,34);1,4-6H,7-8H2,2H3,(H2,16,17,20,21);1-3,8H/t25-;15-;/m01./s1. The number of terminal acetylenes is 1. The summed E-state index contributed by atoms with van der Waals surface area (Å²) in [5.74, 6) is 1.51. The molecular formula is C45H36BrN9O11. The number of carbonyl (C=O) groups is 6. The average Bonchev–Trinajstić information content (AvgIpc) is 4.09. The van der Waals surface area contributed by atoms with Gasteiger partial charge in [0, 0.05) is 42.8 Å². The molecule has 0 bridgehead atoms. The number of ether oxygens (including phenoxy) is 2. The Balaban J connectivity index is 0.000000166. The number of aromatic nitrogens is 3. The number of methoxy groups -OCH3 is 2. The van der Waals surface area contributed by atoms with Gasteiger partial charge in [-0.05, 0) is 87.7 Å². The van der Waals surface area contributed by atoms with E-state index in [0.29, 0.717) is 44.9 Å². The number of urea groups is 2. The maximum absolute atomic E-state index is 13.4. The fourth-order valence-corrected chi connectivity index (χ4v) is 8.01. The van der Waals surface area contributed by atoms with Crippen molar-refractivity contribution in [1.82, 2.24) is 46.0 Å². The van der Waals surface area contributed by atoms with E-state index >= 15 is 0 Å². The van der Waals surface area contributed by atoms with Crippen molar-refractivity contribution in [3.63, 3.8) is 0 Å². The molecule has 2 saturated heterocycles. The van der Waals surface area contributed by atoms with Crippen LogP contribution in [0.15, 0.2) is 100 Å². The summed E-state index contributed by atoms with van der Waals surface area (Å²) in [6, 6.07) is 18.5. The van der Waals surface area contributed by atoms with Crippen molar-refractivity contribution in [1.29, 1.82) is 0 Å². The molecule has 8 amide bonds. The van der Waals surface area contributed by atoms with Crippen LogP contribution in [-0.4, -0.2) is 104 Å². The number of furan rings is 1. The SMILES string of the molecule is C#C[C@]1(CN2Cc3ccc(OC)cc3C2=O)NC(=O)NC1=O.COc1ccc2c(c1)C(=O)N(C[C@@]1(c3oc4cccnc4c3-c3ncccc3O)NC(=O)NC1=O)C2.Oc1cccnc1Br. The number of carbonyl (C=O) groups excluding carboxylic acids is 6. The molecule has 6 aromatic rings. The molecule has 8 heterocycles. The zero-order valence-electron chi connectivity index (χ0n) is 34.7. The van der Waals surface area contributed by atoms with Crippen molar-refractivity contribution < 1.29 is 52.9 Å². The van der Waals surface area contributed by atoms with E-state index in [2.05, 4.69) is 58.1 Å². The zero-order chi connectivity index (χ0) is 46.9. The van der Waals surface area contributed by atoms with Gasteiger partial charge in [-0.3, -0.25) is 39.8 Å². The summed E-state index contributed by atoms with van der Waals surface area (Å²) in [5, 5.41) is 28.9. The van der Waals surface area contributed by atoms with Crippen LogP contribution < -0.4 is 30.7 Å². The maximum Gasteiger partial charge on any atom is 0.323 e. The summed E-state index contributed by atoms with van der Waals surface area (Å²) >= 11 is 3.03. The van der Waals surface area contributed by atoms with E-state index in [-0.39, 0.29) is 60.0 Å². The van der Waals surface area contributed by atoms with E-state index in [0.717, 1.165) is 11.1 Å². The zero-order valence-corrected chi connectivity index (χ0v) is 36.3. The van der Waals surface area contributed by atoms with Crippen molar-refractivity contribution in [3.8, 4) is 46.6 Å². The maximum atomic E-state index is 13.4. The summed E-state index contributed by atoms with van der Waals surface area (Å²) in [5.41, 5.74) is 0.234. The third-order valence-corrected chi connectivity index (χ3v) is 11.6. The molecule has 2 fully saturated rings. The molecule has 10 rings (SSSR count). The molecule has 2 aromatic carbocycles. The number of rotatable bonds is 8. The monoisotopic (exact) mass is 957 g/mol. The number of nitrogens with one attached hydrogen (secondary N) is 4. The first-order valence-electron chi connectivity index (χ1n) is 19.7. The smallest absolute Gasteiger partial charge is 0.323 e. The minimum absolute atomic E-state index is 0.00915. The van der Waals surface area contributed by atoms with Gasteiger partial charge in [0.15, 0.2) is 22.4 Å². The minimum atomic E-state index is -1.81. The van der Waals surface area contributed by atoms with Gasteiger partial charge in [0.25, 0.3) is 23.6 Å². The molecule has 21 heteroatoms. The van der Waals surface area contributed by atoms with Gasteiger partial charge in [-0.2, -0.15) is 0 Å². The van der Waals surface area contributed by atoms with Crippen LogP contribution in [0.25, 0.3) is 22.4 Å². The summed E-state index contributed by atoms with van der Waals surface area (Å²) in [7, 11) is 3.03. The Labute approximate surface area is 382 Å². The van der Waals surface area contributed by atoms with Crippen molar-refractivity contribution >= 4 is 62.7 Å². The molecule has 4 aliphatic heterocycles. The Morgan fingerprint density at radius 3 is 1.82 bits per heavy atom. The van der Waals surface area contributed by atoms with Gasteiger partial charge in [-0.15, -0.1) is 6.42 Å². The van der Waals surface area contributed by atoms with E-state index in [4.69, 9.17) is 25.4 Å². The van der Waals surface area contributed by atoms with Gasteiger partial charge in [0.1, 0.15) is 38.8 Å². The fourth-order valence-electron chi connectivity index (χ4n) is 7.76. The Morgan fingerprint density at radius 1 is 0.742 bits per heavy atom. The van der Waals surface area contributed by atoms with Crippen LogP contribution in [0.1, 0.15) is 37.6 Å². The van der Waals surface area contributed by atoms with E-state index < -0.39 is 35.0 Å². The molecule has 6 N–H and O–H groups in total. The molecule has 334 valence electrons. The quantitative estimate of drug-likeness (QED) is 0.0722. The number of amides is 8. The van der Waals surface area contributed by atoms with Crippen LogP contribution in [0.2, 0.25) is 0 Å². The molecule has 20 nitrogen and oxygen atoms in total. The Kier molecular flexibility index (Phi) is 11.7. The second kappa shape index (κ2) is 17.6. The number of nitrogens with zero attached hydrogens (tertiary/aromatic N) is 5. The van der Waals surface area contributed by atoms with Crippen LogP contribution in [0.4, 0.5) is 9.59 Å². The van der Waals surface area contributed by atoms with Crippen molar-refractivity contribution in [2.45, 2.75) is 24.2 Å². The van der Waals surface area contributed by atoms with Crippen molar-refractivity contribution in [2.24, 2.45) is 0 Å². The van der Waals surface area contributed by atoms with Crippen LogP contribution in [0.3, 0.4) is 0 Å². The summed E-state index contributed by atoms with van der Waals surface area (Å²) in [4.78, 5) is 90.2. The second-order valence-corrected chi connectivity index (χ2v) is 15.7. The predicted molar refractivity (Wildman–Crippen MR) is 235 cm³/mol. The average molecular weight is 959 g/mol. The Bertz CT molecular complexity index is 3020. The Morgan fingerprint density at radius 2 is 1.30 bits per heavy atom. The third kappa shape index (κ3) is 8.00. The Hall–Kier alpha value is -8.51. The minimum Gasteiger partial charge on any atom is -0.506 e. The van der Waals surface area contributed by atoms with Crippen LogP contribution in [-0.2, 0) is 28.2 Å². The number of aromatic hydroxyl groups is 2. The van der Waals surface area contributed by atoms with Gasteiger partial charge >= 0.3 is 12.1 Å². The highest BCUT2D eigenvalue weighted by atomic mass is 79.9. The number of imide groups is 2. The topological polar surface area (TPSA) is 268 Å². The van der Waals surface area contributed by atoms with Gasteiger partial charge < -0.3 is 44.5 Å². The van der Waals surface area contributed by atoms with E-state index in [1.54, 1.807) is 79.1 Å². The van der Waals surface area contributed by atoms with E-state index in [9.17, 15) is 33.9 Å². The highest BCUT2D eigenvalue weighted by molar-refractivity contribution is 9.10. The summed E-state index contributed by atoms with van der Waals surface area (Å²) in [6.07, 6.45) is 10.0. The molecule has 4 aliphatic rings. The first-order chi connectivity index (χ1) is 31.7.